The van der Waals surface area contributed by atoms with E-state index in [0.717, 1.165) is 21.9 Å². The standard InChI is InChI=1S/C21H17N3O2/c1-13(25)19-20-16(15-9-5-6-10-17(15)23-20)11-18(24-19)21(26)22-12-14-7-3-2-4-8-14/h2-11,23H,12H2,1H3,(H,22,26). The number of Topliss-reactive ketones (excluding diaryl/α,β-unsaturated/α-hetero) is 1. The molecule has 0 bridgehead atoms. The number of rotatable bonds is 4. The molecule has 2 aromatic heterocycles. The molecule has 5 nitrogen and oxygen atoms in total. The molecule has 0 aliphatic rings. The number of nitrogens with one attached hydrogen (secondary N) is 2. The highest BCUT2D eigenvalue weighted by Gasteiger charge is 2.17. The van der Waals surface area contributed by atoms with Crippen LogP contribution in [0.25, 0.3) is 21.8 Å². The highest BCUT2D eigenvalue weighted by Crippen LogP contribution is 2.27. The van der Waals surface area contributed by atoms with Crippen molar-refractivity contribution < 1.29 is 9.59 Å². The van der Waals surface area contributed by atoms with Crippen molar-refractivity contribution in [1.29, 1.82) is 0 Å². The van der Waals surface area contributed by atoms with E-state index in [1.165, 1.54) is 6.92 Å². The van der Waals surface area contributed by atoms with Crippen LogP contribution in [0.2, 0.25) is 0 Å². The number of aromatic amines is 1. The summed E-state index contributed by atoms with van der Waals surface area (Å²) in [4.78, 5) is 32.2. The smallest absolute Gasteiger partial charge is 0.270 e. The zero-order valence-corrected chi connectivity index (χ0v) is 14.2. The maximum atomic E-state index is 12.6. The number of hydrogen-bond acceptors (Lipinski definition) is 3. The Balaban J connectivity index is 1.76. The number of amides is 1. The number of nitrogens with zero attached hydrogens (tertiary/aromatic N) is 1. The minimum absolute atomic E-state index is 0.181. The summed E-state index contributed by atoms with van der Waals surface area (Å²) in [5, 5.41) is 4.65. The largest absolute Gasteiger partial charge is 0.353 e. The van der Waals surface area contributed by atoms with Crippen LogP contribution in [0.1, 0.15) is 33.5 Å². The molecular weight excluding hydrogens is 326 g/mol. The summed E-state index contributed by atoms with van der Waals surface area (Å²) in [6, 6.07) is 19.1. The Bertz CT molecular complexity index is 1130. The van der Waals surface area contributed by atoms with Crippen molar-refractivity contribution in [1.82, 2.24) is 15.3 Å². The van der Waals surface area contributed by atoms with Gasteiger partial charge in [0.1, 0.15) is 11.4 Å². The van der Waals surface area contributed by atoms with Crippen LogP contribution in [0.4, 0.5) is 0 Å². The minimum Gasteiger partial charge on any atom is -0.353 e. The zero-order chi connectivity index (χ0) is 18.1. The van der Waals surface area contributed by atoms with Crippen LogP contribution in [0, 0.1) is 0 Å². The second-order valence-electron chi connectivity index (χ2n) is 6.17. The average molecular weight is 343 g/mol. The molecule has 0 spiro atoms. The predicted octanol–water partition coefficient (Wildman–Crippen LogP) is 3.85. The zero-order valence-electron chi connectivity index (χ0n) is 14.2. The number of ketones is 1. The molecule has 0 radical (unpaired) electrons. The van der Waals surface area contributed by atoms with E-state index in [4.69, 9.17) is 0 Å². The summed E-state index contributed by atoms with van der Waals surface area (Å²) in [6.07, 6.45) is 0. The highest BCUT2D eigenvalue weighted by molar-refractivity contribution is 6.15. The lowest BCUT2D eigenvalue weighted by Crippen LogP contribution is -2.24. The predicted molar refractivity (Wildman–Crippen MR) is 101 cm³/mol. The van der Waals surface area contributed by atoms with E-state index in [-0.39, 0.29) is 23.1 Å². The second-order valence-corrected chi connectivity index (χ2v) is 6.17. The van der Waals surface area contributed by atoms with E-state index in [1.54, 1.807) is 6.07 Å². The highest BCUT2D eigenvalue weighted by atomic mass is 16.2. The van der Waals surface area contributed by atoms with Crippen molar-refractivity contribution in [2.24, 2.45) is 0 Å². The molecule has 26 heavy (non-hydrogen) atoms. The van der Waals surface area contributed by atoms with E-state index in [2.05, 4.69) is 15.3 Å². The Hall–Kier alpha value is -3.47. The molecule has 0 aliphatic carbocycles. The fraction of sp³-hybridized carbons (Fsp3) is 0.0952. The molecule has 128 valence electrons. The summed E-state index contributed by atoms with van der Waals surface area (Å²) in [7, 11) is 0. The molecule has 1 amide bonds. The van der Waals surface area contributed by atoms with E-state index >= 15 is 0 Å². The van der Waals surface area contributed by atoms with Crippen LogP contribution in [0.5, 0.6) is 0 Å². The van der Waals surface area contributed by atoms with E-state index < -0.39 is 0 Å². The van der Waals surface area contributed by atoms with Gasteiger partial charge in [0, 0.05) is 29.8 Å². The third-order valence-corrected chi connectivity index (χ3v) is 4.36. The van der Waals surface area contributed by atoms with Gasteiger partial charge in [0.15, 0.2) is 5.78 Å². The first kappa shape index (κ1) is 16.0. The summed E-state index contributed by atoms with van der Waals surface area (Å²) < 4.78 is 0. The van der Waals surface area contributed by atoms with Crippen LogP contribution in [-0.4, -0.2) is 21.7 Å². The number of pyridine rings is 1. The Morgan fingerprint density at radius 2 is 1.73 bits per heavy atom. The third-order valence-electron chi connectivity index (χ3n) is 4.36. The van der Waals surface area contributed by atoms with Crippen molar-refractivity contribution in [3.05, 3.63) is 77.6 Å². The van der Waals surface area contributed by atoms with Crippen molar-refractivity contribution in [2.45, 2.75) is 13.5 Å². The lowest BCUT2D eigenvalue weighted by atomic mass is 10.1. The summed E-state index contributed by atoms with van der Waals surface area (Å²) in [6.45, 7) is 1.86. The number of H-pyrrole nitrogens is 1. The summed E-state index contributed by atoms with van der Waals surface area (Å²) >= 11 is 0. The molecule has 4 rings (SSSR count). The molecule has 0 atom stereocenters. The van der Waals surface area contributed by atoms with Gasteiger partial charge in [-0.1, -0.05) is 48.5 Å². The first-order chi connectivity index (χ1) is 12.6. The number of carbonyl (C=O) groups excluding carboxylic acids is 2. The van der Waals surface area contributed by atoms with Crippen molar-refractivity contribution in [3.63, 3.8) is 0 Å². The van der Waals surface area contributed by atoms with E-state index in [1.807, 2.05) is 54.6 Å². The van der Waals surface area contributed by atoms with Crippen molar-refractivity contribution in [2.75, 3.05) is 0 Å². The van der Waals surface area contributed by atoms with Gasteiger partial charge in [0.25, 0.3) is 5.91 Å². The van der Waals surface area contributed by atoms with Gasteiger partial charge in [0.2, 0.25) is 0 Å². The second kappa shape index (κ2) is 6.44. The number of benzene rings is 2. The van der Waals surface area contributed by atoms with Gasteiger partial charge in [-0.2, -0.15) is 0 Å². The lowest BCUT2D eigenvalue weighted by molar-refractivity contribution is 0.0946. The van der Waals surface area contributed by atoms with Crippen LogP contribution in [0.15, 0.2) is 60.7 Å². The van der Waals surface area contributed by atoms with Crippen LogP contribution < -0.4 is 5.32 Å². The molecule has 2 aromatic carbocycles. The van der Waals surface area contributed by atoms with Crippen LogP contribution in [0.3, 0.4) is 0 Å². The average Bonchev–Trinajstić information content (AvgIpc) is 3.04. The molecule has 4 aromatic rings. The number of fused-ring (bicyclic) bond motifs is 3. The Labute approximate surface area is 150 Å². The molecule has 2 heterocycles. The van der Waals surface area contributed by atoms with Crippen molar-refractivity contribution >= 4 is 33.5 Å². The van der Waals surface area contributed by atoms with Crippen LogP contribution in [-0.2, 0) is 6.54 Å². The molecular formula is C21H17N3O2. The Morgan fingerprint density at radius 3 is 2.50 bits per heavy atom. The normalized spacial score (nSPS) is 11.0. The Morgan fingerprint density at radius 1 is 1.00 bits per heavy atom. The number of para-hydroxylation sites is 1. The fourth-order valence-corrected chi connectivity index (χ4v) is 3.09. The molecule has 2 N–H and O–H groups in total. The number of hydrogen-bond donors (Lipinski definition) is 2. The molecule has 0 aliphatic heterocycles. The van der Waals surface area contributed by atoms with Crippen molar-refractivity contribution in [3.8, 4) is 0 Å². The SMILES string of the molecule is CC(=O)c1nc(C(=O)NCc2ccccc2)cc2c1[nH]c1ccccc12. The number of aromatic nitrogens is 2. The number of carbonyl (C=O) groups is 2. The van der Waals surface area contributed by atoms with E-state index in [0.29, 0.717) is 12.1 Å². The topological polar surface area (TPSA) is 74.8 Å². The minimum atomic E-state index is -0.302. The van der Waals surface area contributed by atoms with E-state index in [9.17, 15) is 9.59 Å². The molecule has 0 saturated heterocycles. The van der Waals surface area contributed by atoms with Gasteiger partial charge >= 0.3 is 0 Å². The van der Waals surface area contributed by atoms with Gasteiger partial charge in [-0.3, -0.25) is 9.59 Å². The maximum Gasteiger partial charge on any atom is 0.270 e. The molecule has 0 saturated carbocycles. The van der Waals surface area contributed by atoms with Gasteiger partial charge in [-0.15, -0.1) is 0 Å². The maximum absolute atomic E-state index is 12.6. The van der Waals surface area contributed by atoms with Gasteiger partial charge in [0.05, 0.1) is 5.52 Å². The monoisotopic (exact) mass is 343 g/mol. The van der Waals surface area contributed by atoms with Gasteiger partial charge in [-0.05, 0) is 17.7 Å². The molecule has 5 heteroatoms. The van der Waals surface area contributed by atoms with Gasteiger partial charge in [-0.25, -0.2) is 4.98 Å². The molecule has 0 unspecified atom stereocenters. The first-order valence-corrected chi connectivity index (χ1v) is 8.38. The quantitative estimate of drug-likeness (QED) is 0.553. The lowest BCUT2D eigenvalue weighted by Gasteiger charge is -2.07. The first-order valence-electron chi connectivity index (χ1n) is 8.38. The van der Waals surface area contributed by atoms with Gasteiger partial charge < -0.3 is 10.3 Å². The summed E-state index contributed by atoms with van der Waals surface area (Å²) in [5.41, 5.74) is 3.10. The molecule has 0 fully saturated rings. The fourth-order valence-electron chi connectivity index (χ4n) is 3.09. The van der Waals surface area contributed by atoms with Crippen LogP contribution >= 0.6 is 0 Å². The summed E-state index contributed by atoms with van der Waals surface area (Å²) in [5.74, 6) is -0.484. The third kappa shape index (κ3) is 2.84. The Kier molecular flexibility index (Phi) is 3.97.